The average Bonchev–Trinajstić information content (AvgIpc) is 3.00. The number of cyclic esters (lactones) is 1. The number of carbonyl (C=O) groups excluding carboxylic acids is 1. The standard InChI is InChI=1S/C12H9NO4S2/c14-12-10-6-9(4-3-8(10)7-17-12)13-19(15,16)11-2-1-5-18-11/h1-6,13H,7H2. The summed E-state index contributed by atoms with van der Waals surface area (Å²) in [6, 6.07) is 7.99. The monoisotopic (exact) mass is 295 g/mol. The number of nitrogens with one attached hydrogen (secondary N) is 1. The van der Waals surface area contributed by atoms with E-state index >= 15 is 0 Å². The number of ether oxygens (including phenoxy) is 1. The Morgan fingerprint density at radius 2 is 2.11 bits per heavy atom. The lowest BCUT2D eigenvalue weighted by atomic mass is 10.1. The summed E-state index contributed by atoms with van der Waals surface area (Å²) in [5, 5.41) is 1.69. The molecule has 1 aromatic heterocycles. The van der Waals surface area contributed by atoms with Crippen LogP contribution >= 0.6 is 11.3 Å². The Kier molecular flexibility index (Phi) is 2.79. The topological polar surface area (TPSA) is 72.5 Å². The molecule has 1 aliphatic heterocycles. The van der Waals surface area contributed by atoms with Gasteiger partial charge in [-0.1, -0.05) is 12.1 Å². The third-order valence-corrected chi connectivity index (χ3v) is 5.48. The van der Waals surface area contributed by atoms with Crippen LogP contribution < -0.4 is 4.72 Å². The Balaban J connectivity index is 1.93. The van der Waals surface area contributed by atoms with Gasteiger partial charge in [0, 0.05) is 11.3 Å². The summed E-state index contributed by atoms with van der Waals surface area (Å²) in [6.45, 7) is 0.242. The molecular weight excluding hydrogens is 286 g/mol. The molecule has 5 nitrogen and oxygen atoms in total. The molecule has 1 aliphatic rings. The summed E-state index contributed by atoms with van der Waals surface area (Å²) >= 11 is 1.13. The van der Waals surface area contributed by atoms with Crippen LogP contribution in [0.3, 0.4) is 0 Å². The first-order valence-electron chi connectivity index (χ1n) is 5.43. The van der Waals surface area contributed by atoms with Gasteiger partial charge in [0.05, 0.1) is 5.56 Å². The van der Waals surface area contributed by atoms with Crippen LogP contribution in [-0.4, -0.2) is 14.4 Å². The molecule has 0 bridgehead atoms. The van der Waals surface area contributed by atoms with Crippen molar-refractivity contribution in [1.29, 1.82) is 0 Å². The van der Waals surface area contributed by atoms with E-state index < -0.39 is 16.0 Å². The third kappa shape index (κ3) is 2.22. The second-order valence-electron chi connectivity index (χ2n) is 3.99. The molecule has 0 aliphatic carbocycles. The number of fused-ring (bicyclic) bond motifs is 1. The van der Waals surface area contributed by atoms with E-state index in [1.807, 2.05) is 0 Å². The molecule has 0 amide bonds. The van der Waals surface area contributed by atoms with Crippen LogP contribution in [-0.2, 0) is 21.4 Å². The highest BCUT2D eigenvalue weighted by molar-refractivity contribution is 7.94. The summed E-state index contributed by atoms with van der Waals surface area (Å²) in [6.07, 6.45) is 0. The van der Waals surface area contributed by atoms with Crippen LogP contribution in [0.1, 0.15) is 15.9 Å². The molecule has 0 fully saturated rings. The molecule has 2 heterocycles. The van der Waals surface area contributed by atoms with Crippen molar-refractivity contribution in [1.82, 2.24) is 0 Å². The number of esters is 1. The molecule has 1 aromatic carbocycles. The summed E-state index contributed by atoms with van der Waals surface area (Å²) < 4.78 is 31.6. The minimum atomic E-state index is -3.59. The molecule has 98 valence electrons. The molecule has 3 rings (SSSR count). The SMILES string of the molecule is O=C1OCc2ccc(NS(=O)(=O)c3cccs3)cc21. The van der Waals surface area contributed by atoms with E-state index in [4.69, 9.17) is 4.74 Å². The lowest BCUT2D eigenvalue weighted by Crippen LogP contribution is -2.11. The first-order valence-corrected chi connectivity index (χ1v) is 7.79. The van der Waals surface area contributed by atoms with Crippen molar-refractivity contribution < 1.29 is 17.9 Å². The number of benzene rings is 1. The van der Waals surface area contributed by atoms with Crippen LogP contribution in [0.25, 0.3) is 0 Å². The van der Waals surface area contributed by atoms with Gasteiger partial charge in [-0.25, -0.2) is 13.2 Å². The van der Waals surface area contributed by atoms with Crippen LogP contribution in [0.5, 0.6) is 0 Å². The largest absolute Gasteiger partial charge is 0.457 e. The molecule has 19 heavy (non-hydrogen) atoms. The van der Waals surface area contributed by atoms with Crippen LogP contribution in [0.2, 0.25) is 0 Å². The van der Waals surface area contributed by atoms with Crippen molar-refractivity contribution in [3.05, 3.63) is 46.8 Å². The van der Waals surface area contributed by atoms with E-state index in [1.165, 1.54) is 12.1 Å². The minimum Gasteiger partial charge on any atom is -0.457 e. The summed E-state index contributed by atoms with van der Waals surface area (Å²) in [7, 11) is -3.59. The highest BCUT2D eigenvalue weighted by atomic mass is 32.2. The molecule has 7 heteroatoms. The molecular formula is C12H9NO4S2. The Hall–Kier alpha value is -1.86. The van der Waals surface area contributed by atoms with Crippen LogP contribution in [0.4, 0.5) is 5.69 Å². The van der Waals surface area contributed by atoms with E-state index in [-0.39, 0.29) is 10.8 Å². The number of hydrogen-bond acceptors (Lipinski definition) is 5. The van der Waals surface area contributed by atoms with E-state index in [0.29, 0.717) is 11.3 Å². The summed E-state index contributed by atoms with van der Waals surface area (Å²) in [4.78, 5) is 11.4. The van der Waals surface area contributed by atoms with Gasteiger partial charge in [0.25, 0.3) is 10.0 Å². The van der Waals surface area contributed by atoms with Crippen LogP contribution in [0.15, 0.2) is 39.9 Å². The predicted octanol–water partition coefficient (Wildman–Crippen LogP) is 2.22. The van der Waals surface area contributed by atoms with Crippen molar-refractivity contribution in [2.24, 2.45) is 0 Å². The fraction of sp³-hybridized carbons (Fsp3) is 0.0833. The zero-order valence-corrected chi connectivity index (χ0v) is 11.3. The molecule has 2 aromatic rings. The molecule has 0 atom stereocenters. The van der Waals surface area contributed by atoms with Crippen molar-refractivity contribution >= 4 is 33.0 Å². The highest BCUT2D eigenvalue weighted by Gasteiger charge is 2.22. The van der Waals surface area contributed by atoms with Gasteiger partial charge >= 0.3 is 5.97 Å². The van der Waals surface area contributed by atoms with E-state index in [0.717, 1.165) is 16.9 Å². The summed E-state index contributed by atoms with van der Waals surface area (Å²) in [5.74, 6) is -0.424. The Bertz CT molecular complexity index is 735. The molecule has 1 N–H and O–H groups in total. The maximum Gasteiger partial charge on any atom is 0.338 e. The van der Waals surface area contributed by atoms with Gasteiger partial charge in [-0.05, 0) is 23.6 Å². The number of carbonyl (C=O) groups is 1. The maximum atomic E-state index is 12.0. The smallest absolute Gasteiger partial charge is 0.338 e. The van der Waals surface area contributed by atoms with Gasteiger partial charge in [0.1, 0.15) is 10.8 Å². The lowest BCUT2D eigenvalue weighted by Gasteiger charge is -2.06. The summed E-state index contributed by atoms with van der Waals surface area (Å²) in [5.41, 5.74) is 1.53. The number of sulfonamides is 1. The Morgan fingerprint density at radius 3 is 2.84 bits per heavy atom. The van der Waals surface area contributed by atoms with E-state index in [2.05, 4.69) is 4.72 Å². The first kappa shape index (κ1) is 12.2. The normalized spacial score (nSPS) is 14.0. The van der Waals surface area contributed by atoms with Crippen molar-refractivity contribution in [3.8, 4) is 0 Å². The molecule has 0 unspecified atom stereocenters. The third-order valence-electron chi connectivity index (χ3n) is 2.70. The second-order valence-corrected chi connectivity index (χ2v) is 6.84. The van der Waals surface area contributed by atoms with Crippen LogP contribution in [0, 0.1) is 0 Å². The molecule has 0 radical (unpaired) electrons. The molecule has 0 spiro atoms. The van der Waals surface area contributed by atoms with Gasteiger partial charge in [0.15, 0.2) is 0 Å². The van der Waals surface area contributed by atoms with Gasteiger partial charge in [-0.3, -0.25) is 4.72 Å². The second kappa shape index (κ2) is 4.36. The van der Waals surface area contributed by atoms with Gasteiger partial charge in [0.2, 0.25) is 0 Å². The average molecular weight is 295 g/mol. The number of rotatable bonds is 3. The minimum absolute atomic E-state index is 0.232. The van der Waals surface area contributed by atoms with Gasteiger partial charge in [-0.15, -0.1) is 11.3 Å². The number of hydrogen-bond donors (Lipinski definition) is 1. The zero-order valence-electron chi connectivity index (χ0n) is 9.62. The fourth-order valence-electron chi connectivity index (χ4n) is 1.80. The van der Waals surface area contributed by atoms with Gasteiger partial charge < -0.3 is 4.74 Å². The molecule has 0 saturated heterocycles. The van der Waals surface area contributed by atoms with Crippen molar-refractivity contribution in [2.75, 3.05) is 4.72 Å². The quantitative estimate of drug-likeness (QED) is 0.881. The molecule has 0 saturated carbocycles. The number of thiophene rings is 1. The zero-order chi connectivity index (χ0) is 13.5. The van der Waals surface area contributed by atoms with Gasteiger partial charge in [-0.2, -0.15) is 0 Å². The first-order chi connectivity index (χ1) is 9.06. The van der Waals surface area contributed by atoms with Crippen molar-refractivity contribution in [3.63, 3.8) is 0 Å². The Labute approximate surface area is 113 Å². The number of anilines is 1. The van der Waals surface area contributed by atoms with E-state index in [1.54, 1.807) is 23.6 Å². The lowest BCUT2D eigenvalue weighted by molar-refractivity contribution is 0.0535. The maximum absolute atomic E-state index is 12.0. The van der Waals surface area contributed by atoms with Crippen molar-refractivity contribution in [2.45, 2.75) is 10.8 Å². The van der Waals surface area contributed by atoms with E-state index in [9.17, 15) is 13.2 Å². The predicted molar refractivity (Wildman–Crippen MR) is 70.7 cm³/mol. The Morgan fingerprint density at radius 1 is 1.26 bits per heavy atom. The highest BCUT2D eigenvalue weighted by Crippen LogP contribution is 2.25. The fourth-order valence-corrected chi connectivity index (χ4v) is 3.84.